The molecule has 612 valence electrons. The maximum atomic E-state index is 11.2. The Morgan fingerprint density at radius 3 is 0.600 bits per heavy atom. The number of nitrogens with one attached hydrogen (secondary N) is 2. The van der Waals surface area contributed by atoms with E-state index in [0.717, 1.165) is 199 Å². The fourth-order valence-electron chi connectivity index (χ4n) is 15.9. The zero-order valence-electron chi connectivity index (χ0n) is 69.1. The highest BCUT2D eigenvalue weighted by Gasteiger charge is 2.15. The summed E-state index contributed by atoms with van der Waals surface area (Å²) in [5.74, 6) is 0. The Balaban J connectivity index is 0.000000121. The quantitative estimate of drug-likeness (QED) is 0.0210. The number of pyridine rings is 7. The lowest BCUT2D eigenvalue weighted by atomic mass is 10.0. The third kappa shape index (κ3) is 19.3. The number of hydrogen-bond donors (Lipinski definition) is 5. The highest BCUT2D eigenvalue weighted by Crippen LogP contribution is 2.33. The van der Waals surface area contributed by atoms with Crippen molar-refractivity contribution in [1.82, 2.24) is 45.5 Å². The van der Waals surface area contributed by atoms with E-state index < -0.39 is 0 Å². The van der Waals surface area contributed by atoms with E-state index in [2.05, 4.69) is 168 Å². The lowest BCUT2D eigenvalue weighted by Gasteiger charge is -2.14. The second kappa shape index (κ2) is 41.4. The monoisotopic (exact) mass is 1630 g/mol. The van der Waals surface area contributed by atoms with E-state index in [4.69, 9.17) is 39.7 Å². The predicted octanol–water partition coefficient (Wildman–Crippen LogP) is 21.6. The topological polar surface area (TPSA) is 262 Å². The van der Waals surface area contributed by atoms with Crippen LogP contribution in [0.4, 0.5) is 0 Å². The second-order valence-electron chi connectivity index (χ2n) is 29.3. The van der Waals surface area contributed by atoms with Crippen molar-refractivity contribution in [3.05, 3.63) is 379 Å². The molecular weight excluding hydrogens is 1540 g/mol. The van der Waals surface area contributed by atoms with Gasteiger partial charge in [0.2, 0.25) is 0 Å². The van der Waals surface area contributed by atoms with E-state index in [9.17, 15) is 4.79 Å². The van der Waals surface area contributed by atoms with Crippen LogP contribution in [-0.4, -0.2) is 118 Å². The molecular formula is C107H91N15O3. The fourth-order valence-corrected chi connectivity index (χ4v) is 15.9. The van der Waals surface area contributed by atoms with Gasteiger partial charge in [-0.2, -0.15) is 0 Å². The number of carbonyl (C=O) groups is 1. The van der Waals surface area contributed by atoms with Gasteiger partial charge >= 0.3 is 0 Å². The molecule has 7 N–H and O–H groups in total. The third-order valence-corrected chi connectivity index (χ3v) is 21.6. The van der Waals surface area contributed by atoms with Gasteiger partial charge in [0.25, 0.3) is 0 Å². The number of nitrogens with zero attached hydrogens (tertiary/aromatic N) is 11. The molecule has 0 radical (unpaired) electrons. The Labute approximate surface area is 722 Å². The van der Waals surface area contributed by atoms with Crippen LogP contribution in [0.5, 0.6) is 0 Å². The summed E-state index contributed by atoms with van der Waals surface area (Å²) in [6, 6.07) is 114. The van der Waals surface area contributed by atoms with Crippen LogP contribution in [-0.2, 0) is 17.8 Å². The number of rotatable bonds is 15. The molecule has 0 bridgehead atoms. The first kappa shape index (κ1) is 83.5. The van der Waals surface area contributed by atoms with E-state index in [1.807, 2.05) is 243 Å². The maximum Gasteiger partial charge on any atom is 0.151 e. The minimum Gasteiger partial charge on any atom is -0.400 e. The van der Waals surface area contributed by atoms with Crippen molar-refractivity contribution < 1.29 is 14.6 Å². The van der Waals surface area contributed by atoms with Crippen molar-refractivity contribution in [2.75, 3.05) is 47.0 Å². The summed E-state index contributed by atoms with van der Waals surface area (Å²) in [5.41, 5.74) is 30.5. The minimum absolute atomic E-state index is 0.250. The van der Waals surface area contributed by atoms with Crippen LogP contribution < -0.4 is 22.1 Å². The van der Waals surface area contributed by atoms with Gasteiger partial charge in [-0.15, -0.1) is 0 Å². The van der Waals surface area contributed by atoms with Crippen LogP contribution in [0, 0.1) is 0 Å². The van der Waals surface area contributed by atoms with Gasteiger partial charge in [-0.1, -0.05) is 255 Å². The van der Waals surface area contributed by atoms with Crippen LogP contribution in [0.1, 0.15) is 56.6 Å². The van der Waals surface area contributed by atoms with Crippen molar-refractivity contribution >= 4 is 184 Å². The van der Waals surface area contributed by atoms with Crippen molar-refractivity contribution in [3.8, 4) is 0 Å². The SMILES string of the molecule is C(=NCN=Cc1c2ccccc2nc2ccccc12)c1c2ccccc2nc2ccccc12.C(=NCN=Cc1c2ccccc2nc2ccccc12)c1c2ccccc2nc2ccccc12.C1CCOC1.CO.NCN.O=Cc1c2ccccc2nc2ccccc12.c1ccc2c(CNCNCc3c4ccccc4nc4ccccc34)c3ccccc3nc2c1. The summed E-state index contributed by atoms with van der Waals surface area (Å²) in [5, 5.41) is 29.6. The number of aliphatic hydroxyl groups is 1. The largest absolute Gasteiger partial charge is 0.400 e. The smallest absolute Gasteiger partial charge is 0.151 e. The average Bonchev–Trinajstić information content (AvgIpc) is 1.25. The van der Waals surface area contributed by atoms with Crippen molar-refractivity contribution in [1.29, 1.82) is 0 Å². The number of carbonyl (C=O) groups excluding carboxylic acids is 1. The van der Waals surface area contributed by atoms with E-state index >= 15 is 0 Å². The highest BCUT2D eigenvalue weighted by atomic mass is 16.5. The standard InChI is InChI=1S/C29H24N4.2C29H20N4.C14H9NO.C4H8O.CH6N2.CH4O/c3*1-5-13-26-20(9-1)24(21-10-2-6-14-27(21)32-26)17-30-19-31-18-25-22-11-3-7-15-28(22)33-29-16-8-4-12-23(25)29;16-9-12-10-5-1-3-7-13(10)15-14-8-4-2-6-11(12)14;1-2-4-5-3-1;2-1-3;1-2/h1-16,30-31H,17-19H2;2*1-18H,19H2;1-9H;1-4H2;1-3H2;2H,1H3. The normalized spacial score (nSPS) is 12.0. The molecule has 1 aliphatic rings. The third-order valence-electron chi connectivity index (χ3n) is 21.6. The van der Waals surface area contributed by atoms with Crippen LogP contribution in [0.2, 0.25) is 0 Å². The van der Waals surface area contributed by atoms with Gasteiger partial charge in [0, 0.05) is 175 Å². The van der Waals surface area contributed by atoms with Gasteiger partial charge in [-0.3, -0.25) is 24.8 Å². The Morgan fingerprint density at radius 2 is 0.432 bits per heavy atom. The van der Waals surface area contributed by atoms with Crippen LogP contribution in [0.3, 0.4) is 0 Å². The van der Waals surface area contributed by atoms with Crippen LogP contribution >= 0.6 is 0 Å². The number of benzene rings is 14. The molecule has 0 spiro atoms. The Kier molecular flexibility index (Phi) is 27.7. The number of aliphatic hydroxyl groups excluding tert-OH is 1. The molecule has 18 heteroatoms. The summed E-state index contributed by atoms with van der Waals surface area (Å²) in [4.78, 5) is 63.1. The maximum absolute atomic E-state index is 11.2. The average molecular weight is 1640 g/mol. The number of aliphatic imine (C=N–C) groups is 4. The Morgan fingerprint density at radius 1 is 0.272 bits per heavy atom. The van der Waals surface area contributed by atoms with E-state index in [1.54, 1.807) is 0 Å². The number of ether oxygens (including phenoxy) is 1. The lowest BCUT2D eigenvalue weighted by Crippen LogP contribution is -2.28. The number of aldehydes is 1. The zero-order chi connectivity index (χ0) is 85.3. The molecule has 1 aliphatic heterocycles. The van der Waals surface area contributed by atoms with Gasteiger partial charge in [-0.05, 0) is 109 Å². The lowest BCUT2D eigenvalue weighted by molar-refractivity contribution is 0.112. The molecule has 0 saturated carbocycles. The highest BCUT2D eigenvalue weighted by molar-refractivity contribution is 6.15. The number of fused-ring (bicyclic) bond motifs is 14. The molecule has 0 amide bonds. The van der Waals surface area contributed by atoms with Gasteiger partial charge in [0.1, 0.15) is 13.3 Å². The van der Waals surface area contributed by atoms with Crippen molar-refractivity contribution in [2.24, 2.45) is 31.4 Å². The molecule has 7 aromatic heterocycles. The molecule has 0 atom stereocenters. The van der Waals surface area contributed by atoms with Crippen LogP contribution in [0.25, 0.3) is 153 Å². The molecule has 21 aromatic rings. The Bertz CT molecular complexity index is 6530. The number of aromatic nitrogens is 7. The van der Waals surface area contributed by atoms with E-state index in [0.29, 0.717) is 20.0 Å². The van der Waals surface area contributed by atoms with Gasteiger partial charge in [-0.25, -0.2) is 34.9 Å². The molecule has 14 aromatic carbocycles. The molecule has 22 rings (SSSR count). The van der Waals surface area contributed by atoms with Gasteiger partial charge < -0.3 is 31.9 Å². The molecule has 125 heavy (non-hydrogen) atoms. The summed E-state index contributed by atoms with van der Waals surface area (Å²) in [7, 11) is 1.00. The summed E-state index contributed by atoms with van der Waals surface area (Å²) >= 11 is 0. The summed E-state index contributed by atoms with van der Waals surface area (Å²) < 4.78 is 4.94. The number of para-hydroxylation sites is 14. The summed E-state index contributed by atoms with van der Waals surface area (Å²) in [6.45, 7) is 5.19. The van der Waals surface area contributed by atoms with Crippen molar-refractivity contribution in [2.45, 2.75) is 25.9 Å². The first-order valence-electron chi connectivity index (χ1n) is 41.7. The molecule has 0 unspecified atom stereocenters. The molecule has 0 aliphatic carbocycles. The van der Waals surface area contributed by atoms with E-state index in [-0.39, 0.29) is 6.67 Å². The second-order valence-corrected chi connectivity index (χ2v) is 29.3. The fraction of sp³-hybridized carbons (Fsp3) is 0.103. The molecule has 8 heterocycles. The number of nitrogens with two attached hydrogens (primary N) is 2. The first-order valence-corrected chi connectivity index (χ1v) is 41.7. The first-order chi connectivity index (χ1) is 62.0. The van der Waals surface area contributed by atoms with Crippen LogP contribution in [0.15, 0.2) is 360 Å². The van der Waals surface area contributed by atoms with Gasteiger partial charge in [0.05, 0.1) is 77.2 Å². The molecule has 1 fully saturated rings. The summed E-state index contributed by atoms with van der Waals surface area (Å²) in [6.07, 6.45) is 11.2. The van der Waals surface area contributed by atoms with E-state index in [1.165, 1.54) is 45.5 Å². The Hall–Kier alpha value is -15.1. The van der Waals surface area contributed by atoms with Crippen molar-refractivity contribution in [3.63, 3.8) is 0 Å². The molecule has 1 saturated heterocycles. The minimum atomic E-state index is 0.250. The molecule has 18 nitrogen and oxygen atoms in total. The number of hydrogen-bond acceptors (Lipinski definition) is 18. The predicted molar refractivity (Wildman–Crippen MR) is 520 cm³/mol. The van der Waals surface area contributed by atoms with Gasteiger partial charge in [0.15, 0.2) is 6.29 Å². The zero-order valence-corrected chi connectivity index (χ0v) is 69.1.